The third-order valence-corrected chi connectivity index (χ3v) is 2.59. The molecule has 0 aromatic carbocycles. The third kappa shape index (κ3) is 1.43. The molecular weight excluding hydrogens is 190 g/mol. The number of nitrogens with zero attached hydrogens (tertiary/aromatic N) is 3. The van der Waals surface area contributed by atoms with Crippen LogP contribution in [0.25, 0.3) is 0 Å². The van der Waals surface area contributed by atoms with Crippen molar-refractivity contribution in [1.82, 2.24) is 4.98 Å². The van der Waals surface area contributed by atoms with Crippen molar-refractivity contribution < 1.29 is 4.74 Å². The number of hydrogen-bond acceptors (Lipinski definition) is 4. The number of pyridine rings is 1. The number of ether oxygens (including phenoxy) is 1. The molecular formula is C11H11N3O. The Bertz CT molecular complexity index is 428. The highest BCUT2D eigenvalue weighted by Crippen LogP contribution is 2.24. The molecule has 1 unspecified atom stereocenters. The van der Waals surface area contributed by atoms with E-state index in [2.05, 4.69) is 14.9 Å². The highest BCUT2D eigenvalue weighted by molar-refractivity contribution is 5.74. The first-order valence-corrected chi connectivity index (χ1v) is 4.95. The maximum atomic E-state index is 5.58. The zero-order valence-electron chi connectivity index (χ0n) is 8.21. The van der Waals surface area contributed by atoms with Crippen LogP contribution in [0.4, 0.5) is 5.82 Å². The summed E-state index contributed by atoms with van der Waals surface area (Å²) in [7, 11) is 0. The maximum absolute atomic E-state index is 5.58. The summed E-state index contributed by atoms with van der Waals surface area (Å²) < 4.78 is 5.58. The van der Waals surface area contributed by atoms with Gasteiger partial charge in [-0.15, -0.1) is 0 Å². The van der Waals surface area contributed by atoms with Crippen LogP contribution in [0, 0.1) is 0 Å². The van der Waals surface area contributed by atoms with Crippen molar-refractivity contribution in [2.45, 2.75) is 12.6 Å². The predicted molar refractivity (Wildman–Crippen MR) is 57.8 cm³/mol. The van der Waals surface area contributed by atoms with E-state index in [9.17, 15) is 0 Å². The summed E-state index contributed by atoms with van der Waals surface area (Å²) in [6.07, 6.45) is 7.43. The molecule has 0 bridgehead atoms. The number of anilines is 1. The van der Waals surface area contributed by atoms with Crippen molar-refractivity contribution >= 4 is 12.0 Å². The minimum absolute atomic E-state index is 0.172. The van der Waals surface area contributed by atoms with Crippen LogP contribution >= 0.6 is 0 Å². The Morgan fingerprint density at radius 3 is 3.47 bits per heavy atom. The Morgan fingerprint density at radius 1 is 1.47 bits per heavy atom. The molecule has 0 N–H and O–H groups in total. The van der Waals surface area contributed by atoms with Crippen LogP contribution in [0.5, 0.6) is 0 Å². The Kier molecular flexibility index (Phi) is 1.99. The minimum atomic E-state index is 0.172. The second-order valence-corrected chi connectivity index (χ2v) is 3.57. The summed E-state index contributed by atoms with van der Waals surface area (Å²) in [5.74, 6) is 0.974. The molecule has 0 radical (unpaired) electrons. The molecule has 2 aliphatic rings. The van der Waals surface area contributed by atoms with E-state index in [-0.39, 0.29) is 6.04 Å². The van der Waals surface area contributed by atoms with Gasteiger partial charge in [0.25, 0.3) is 0 Å². The van der Waals surface area contributed by atoms with Crippen LogP contribution in [0.3, 0.4) is 0 Å². The lowest BCUT2D eigenvalue weighted by atomic mass is 10.2. The van der Waals surface area contributed by atoms with Gasteiger partial charge in [-0.25, -0.2) is 4.98 Å². The number of hydrogen-bond donors (Lipinski definition) is 0. The van der Waals surface area contributed by atoms with Gasteiger partial charge < -0.3 is 9.64 Å². The average Bonchev–Trinajstić information content (AvgIpc) is 2.48. The van der Waals surface area contributed by atoms with Gasteiger partial charge in [-0.2, -0.15) is 0 Å². The predicted octanol–water partition coefficient (Wildman–Crippen LogP) is 1.34. The van der Waals surface area contributed by atoms with Crippen LogP contribution in [0.1, 0.15) is 5.56 Å². The van der Waals surface area contributed by atoms with Gasteiger partial charge in [0.2, 0.25) is 0 Å². The van der Waals surface area contributed by atoms with E-state index in [1.807, 2.05) is 24.5 Å². The highest BCUT2D eigenvalue weighted by Gasteiger charge is 2.24. The second-order valence-electron chi connectivity index (χ2n) is 3.57. The van der Waals surface area contributed by atoms with Crippen LogP contribution in [0.15, 0.2) is 35.7 Å². The van der Waals surface area contributed by atoms with Crippen molar-refractivity contribution in [2.24, 2.45) is 4.99 Å². The van der Waals surface area contributed by atoms with Gasteiger partial charge in [0.15, 0.2) is 0 Å². The van der Waals surface area contributed by atoms with Gasteiger partial charge in [0, 0.05) is 30.4 Å². The minimum Gasteiger partial charge on any atom is -0.374 e. The summed E-state index contributed by atoms with van der Waals surface area (Å²) in [6.45, 7) is 1.28. The Labute approximate surface area is 87.9 Å². The van der Waals surface area contributed by atoms with Crippen LogP contribution in [-0.2, 0) is 11.3 Å². The monoisotopic (exact) mass is 201 g/mol. The Balaban J connectivity index is 2.08. The summed E-state index contributed by atoms with van der Waals surface area (Å²) in [5.41, 5.74) is 1.12. The largest absolute Gasteiger partial charge is 0.374 e. The second kappa shape index (κ2) is 3.47. The van der Waals surface area contributed by atoms with Gasteiger partial charge in [-0.05, 0) is 6.07 Å². The molecule has 0 fully saturated rings. The lowest BCUT2D eigenvalue weighted by Gasteiger charge is -2.26. The number of aliphatic imine (C=N–C) groups is 1. The van der Waals surface area contributed by atoms with Gasteiger partial charge in [0.05, 0.1) is 19.3 Å². The molecule has 1 aromatic rings. The van der Waals surface area contributed by atoms with E-state index in [4.69, 9.17) is 4.74 Å². The van der Waals surface area contributed by atoms with Crippen LogP contribution in [0.2, 0.25) is 0 Å². The lowest BCUT2D eigenvalue weighted by Crippen LogP contribution is -2.36. The zero-order valence-corrected chi connectivity index (χ0v) is 8.21. The molecule has 0 saturated heterocycles. The SMILES string of the molecule is C1=CN2c3ncccc3COCC2C=N1. The van der Waals surface area contributed by atoms with Gasteiger partial charge in [0.1, 0.15) is 5.82 Å². The quantitative estimate of drug-likeness (QED) is 0.635. The van der Waals surface area contributed by atoms with Crippen molar-refractivity contribution in [2.75, 3.05) is 11.5 Å². The fourth-order valence-corrected chi connectivity index (χ4v) is 1.86. The van der Waals surface area contributed by atoms with E-state index in [0.717, 1.165) is 11.4 Å². The molecule has 4 heteroatoms. The first-order chi connectivity index (χ1) is 7.45. The van der Waals surface area contributed by atoms with E-state index in [1.165, 1.54) is 0 Å². The van der Waals surface area contributed by atoms with Gasteiger partial charge >= 0.3 is 0 Å². The Morgan fingerprint density at radius 2 is 2.47 bits per heavy atom. The van der Waals surface area contributed by atoms with Crippen molar-refractivity contribution in [1.29, 1.82) is 0 Å². The third-order valence-electron chi connectivity index (χ3n) is 2.59. The summed E-state index contributed by atoms with van der Waals surface area (Å²) in [4.78, 5) is 10.6. The van der Waals surface area contributed by atoms with Gasteiger partial charge in [-0.1, -0.05) is 6.07 Å². The standard InChI is InChI=1S/C11H11N3O/c1-2-9-7-15-8-10-6-12-4-5-14(10)11(9)13-3-1/h1-6,10H,7-8H2. The maximum Gasteiger partial charge on any atom is 0.138 e. The van der Waals surface area contributed by atoms with Crippen molar-refractivity contribution in [3.63, 3.8) is 0 Å². The molecule has 0 spiro atoms. The molecule has 0 aliphatic carbocycles. The smallest absolute Gasteiger partial charge is 0.138 e. The van der Waals surface area contributed by atoms with Crippen LogP contribution < -0.4 is 4.90 Å². The number of rotatable bonds is 0. The summed E-state index contributed by atoms with van der Waals surface area (Å²) >= 11 is 0. The number of fused-ring (bicyclic) bond motifs is 3. The van der Waals surface area contributed by atoms with E-state index < -0.39 is 0 Å². The first kappa shape index (κ1) is 8.61. The summed E-state index contributed by atoms with van der Waals surface area (Å²) in [6, 6.07) is 4.15. The normalized spacial score (nSPS) is 23.2. The van der Waals surface area contributed by atoms with Crippen LogP contribution in [-0.4, -0.2) is 23.8 Å². The molecule has 2 aliphatic heterocycles. The molecule has 1 atom stereocenters. The molecule has 3 rings (SSSR count). The van der Waals surface area contributed by atoms with Crippen molar-refractivity contribution in [3.05, 3.63) is 36.3 Å². The van der Waals surface area contributed by atoms with E-state index in [0.29, 0.717) is 13.2 Å². The average molecular weight is 201 g/mol. The zero-order chi connectivity index (χ0) is 10.1. The molecule has 76 valence electrons. The molecule has 1 aromatic heterocycles. The molecule has 15 heavy (non-hydrogen) atoms. The Hall–Kier alpha value is -1.68. The first-order valence-electron chi connectivity index (χ1n) is 4.95. The molecule has 0 saturated carbocycles. The van der Waals surface area contributed by atoms with Gasteiger partial charge in [-0.3, -0.25) is 4.99 Å². The fourth-order valence-electron chi connectivity index (χ4n) is 1.86. The van der Waals surface area contributed by atoms with Crippen molar-refractivity contribution in [3.8, 4) is 0 Å². The van der Waals surface area contributed by atoms with E-state index >= 15 is 0 Å². The lowest BCUT2D eigenvalue weighted by molar-refractivity contribution is 0.125. The highest BCUT2D eigenvalue weighted by atomic mass is 16.5. The molecule has 3 heterocycles. The van der Waals surface area contributed by atoms with E-state index in [1.54, 1.807) is 12.4 Å². The molecule has 0 amide bonds. The topological polar surface area (TPSA) is 37.7 Å². The fraction of sp³-hybridized carbons (Fsp3) is 0.273. The molecule has 4 nitrogen and oxygen atoms in total. The number of aromatic nitrogens is 1. The summed E-state index contributed by atoms with van der Waals surface area (Å²) in [5, 5.41) is 0.